The maximum absolute atomic E-state index is 5.88. The molecule has 2 unspecified atom stereocenters. The Morgan fingerprint density at radius 3 is 2.76 bits per heavy atom. The molecule has 2 atom stereocenters. The van der Waals surface area contributed by atoms with Crippen molar-refractivity contribution in [3.05, 3.63) is 29.3 Å². The normalized spacial score (nSPS) is 25.1. The van der Waals surface area contributed by atoms with Crippen LogP contribution in [-0.2, 0) is 6.54 Å². The summed E-state index contributed by atoms with van der Waals surface area (Å²) in [6.45, 7) is 8.67. The lowest BCUT2D eigenvalue weighted by Crippen LogP contribution is -2.42. The van der Waals surface area contributed by atoms with Crippen molar-refractivity contribution in [3.63, 3.8) is 0 Å². The number of aryl methyl sites for hydroxylation is 1. The molecular formula is C15H24N2. The van der Waals surface area contributed by atoms with Crippen LogP contribution < -0.4 is 10.6 Å². The molecule has 1 aromatic carbocycles. The summed E-state index contributed by atoms with van der Waals surface area (Å²) in [7, 11) is 0. The summed E-state index contributed by atoms with van der Waals surface area (Å²) in [4.78, 5) is 2.56. The van der Waals surface area contributed by atoms with Crippen molar-refractivity contribution < 1.29 is 0 Å². The van der Waals surface area contributed by atoms with Gasteiger partial charge < -0.3 is 10.6 Å². The fourth-order valence-corrected chi connectivity index (χ4v) is 2.90. The van der Waals surface area contributed by atoms with Crippen LogP contribution in [0.2, 0.25) is 0 Å². The Morgan fingerprint density at radius 2 is 2.06 bits per heavy atom. The number of hydrogen-bond acceptors (Lipinski definition) is 2. The molecule has 2 rings (SSSR count). The van der Waals surface area contributed by atoms with E-state index in [4.69, 9.17) is 5.73 Å². The summed E-state index contributed by atoms with van der Waals surface area (Å²) >= 11 is 0. The van der Waals surface area contributed by atoms with E-state index < -0.39 is 0 Å². The molecule has 0 aromatic heterocycles. The van der Waals surface area contributed by atoms with Crippen LogP contribution in [0.3, 0.4) is 0 Å². The molecule has 17 heavy (non-hydrogen) atoms. The molecule has 0 spiro atoms. The van der Waals surface area contributed by atoms with Gasteiger partial charge in [-0.05, 0) is 43.7 Å². The molecule has 1 saturated heterocycles. The number of piperidine rings is 1. The quantitative estimate of drug-likeness (QED) is 0.849. The van der Waals surface area contributed by atoms with Gasteiger partial charge in [0, 0.05) is 24.8 Å². The van der Waals surface area contributed by atoms with E-state index in [0.29, 0.717) is 12.6 Å². The molecule has 2 heteroatoms. The van der Waals surface area contributed by atoms with E-state index >= 15 is 0 Å². The number of nitrogens with zero attached hydrogens (tertiary/aromatic N) is 1. The number of nitrogens with two attached hydrogens (primary N) is 1. The van der Waals surface area contributed by atoms with Crippen LogP contribution in [0.15, 0.2) is 18.2 Å². The summed E-state index contributed by atoms with van der Waals surface area (Å²) in [6.07, 6.45) is 2.64. The number of hydrogen-bond donors (Lipinski definition) is 1. The van der Waals surface area contributed by atoms with E-state index in [-0.39, 0.29) is 0 Å². The highest BCUT2D eigenvalue weighted by Crippen LogP contribution is 2.32. The third-order valence-corrected chi connectivity index (χ3v) is 3.95. The third-order valence-electron chi connectivity index (χ3n) is 3.95. The van der Waals surface area contributed by atoms with Crippen molar-refractivity contribution in [2.45, 2.75) is 46.2 Å². The predicted octanol–water partition coefficient (Wildman–Crippen LogP) is 3.08. The van der Waals surface area contributed by atoms with Crippen LogP contribution in [0, 0.1) is 12.8 Å². The standard InChI is InChI=1S/C15H24N2/c1-11-7-8-13(3)17(10-11)15-12(2)5-4-6-14(15)9-16/h4-6,11,13H,7-10,16H2,1-3H3. The lowest BCUT2D eigenvalue weighted by atomic mass is 9.93. The van der Waals surface area contributed by atoms with Crippen molar-refractivity contribution in [2.24, 2.45) is 11.7 Å². The van der Waals surface area contributed by atoms with Gasteiger partial charge in [0.1, 0.15) is 0 Å². The third kappa shape index (κ3) is 2.47. The molecule has 1 aliphatic heterocycles. The minimum absolute atomic E-state index is 0.634. The molecule has 0 aliphatic carbocycles. The van der Waals surface area contributed by atoms with E-state index in [1.54, 1.807) is 0 Å². The molecule has 1 aliphatic rings. The summed E-state index contributed by atoms with van der Waals surface area (Å²) in [5.74, 6) is 0.788. The second-order valence-electron chi connectivity index (χ2n) is 5.47. The molecule has 94 valence electrons. The minimum Gasteiger partial charge on any atom is -0.368 e. The molecule has 0 saturated carbocycles. The van der Waals surface area contributed by atoms with E-state index in [2.05, 4.69) is 43.9 Å². The Balaban J connectivity index is 2.37. The zero-order chi connectivity index (χ0) is 12.4. The first kappa shape index (κ1) is 12.4. The number of rotatable bonds is 2. The Hall–Kier alpha value is -1.02. The zero-order valence-corrected chi connectivity index (χ0v) is 11.2. The van der Waals surface area contributed by atoms with Gasteiger partial charge in [-0.1, -0.05) is 25.1 Å². The van der Waals surface area contributed by atoms with Crippen LogP contribution in [-0.4, -0.2) is 12.6 Å². The maximum atomic E-state index is 5.88. The Kier molecular flexibility index (Phi) is 3.72. The van der Waals surface area contributed by atoms with Crippen LogP contribution in [0.4, 0.5) is 5.69 Å². The summed E-state index contributed by atoms with van der Waals surface area (Å²) in [6, 6.07) is 7.10. The van der Waals surface area contributed by atoms with E-state index in [1.165, 1.54) is 36.2 Å². The van der Waals surface area contributed by atoms with Crippen molar-refractivity contribution in [1.82, 2.24) is 0 Å². The van der Waals surface area contributed by atoms with Crippen LogP contribution in [0.25, 0.3) is 0 Å². The molecular weight excluding hydrogens is 208 g/mol. The second kappa shape index (κ2) is 5.09. The van der Waals surface area contributed by atoms with Gasteiger partial charge in [0.05, 0.1) is 0 Å². The first-order chi connectivity index (χ1) is 8.13. The topological polar surface area (TPSA) is 29.3 Å². The Morgan fingerprint density at radius 1 is 1.29 bits per heavy atom. The van der Waals surface area contributed by atoms with Gasteiger partial charge in [0.15, 0.2) is 0 Å². The molecule has 0 radical (unpaired) electrons. The van der Waals surface area contributed by atoms with Crippen molar-refractivity contribution in [3.8, 4) is 0 Å². The minimum atomic E-state index is 0.634. The molecule has 2 nitrogen and oxygen atoms in total. The zero-order valence-electron chi connectivity index (χ0n) is 11.2. The fourth-order valence-electron chi connectivity index (χ4n) is 2.90. The number of anilines is 1. The van der Waals surface area contributed by atoms with E-state index in [1.807, 2.05) is 0 Å². The molecule has 1 fully saturated rings. The molecule has 0 amide bonds. The molecule has 1 heterocycles. The molecule has 1 aromatic rings. The number of benzene rings is 1. The van der Waals surface area contributed by atoms with Crippen molar-refractivity contribution >= 4 is 5.69 Å². The lowest BCUT2D eigenvalue weighted by molar-refractivity contribution is 0.389. The Bertz CT molecular complexity index is 387. The van der Waals surface area contributed by atoms with Crippen molar-refractivity contribution in [1.29, 1.82) is 0 Å². The van der Waals surface area contributed by atoms with Crippen LogP contribution >= 0.6 is 0 Å². The van der Waals surface area contributed by atoms with Gasteiger partial charge in [0.25, 0.3) is 0 Å². The van der Waals surface area contributed by atoms with Gasteiger partial charge >= 0.3 is 0 Å². The monoisotopic (exact) mass is 232 g/mol. The average Bonchev–Trinajstić information content (AvgIpc) is 2.32. The fraction of sp³-hybridized carbons (Fsp3) is 0.600. The van der Waals surface area contributed by atoms with Crippen LogP contribution in [0.1, 0.15) is 37.8 Å². The first-order valence-corrected chi connectivity index (χ1v) is 6.68. The smallest absolute Gasteiger partial charge is 0.0443 e. The van der Waals surface area contributed by atoms with Crippen molar-refractivity contribution in [2.75, 3.05) is 11.4 Å². The highest BCUT2D eigenvalue weighted by molar-refractivity contribution is 5.60. The van der Waals surface area contributed by atoms with Gasteiger partial charge in [-0.25, -0.2) is 0 Å². The predicted molar refractivity (Wildman–Crippen MR) is 74.3 cm³/mol. The van der Waals surface area contributed by atoms with Crippen LogP contribution in [0.5, 0.6) is 0 Å². The Labute approximate surface area is 105 Å². The van der Waals surface area contributed by atoms with Gasteiger partial charge in [0.2, 0.25) is 0 Å². The van der Waals surface area contributed by atoms with Gasteiger partial charge in [-0.15, -0.1) is 0 Å². The van der Waals surface area contributed by atoms with Gasteiger partial charge in [-0.2, -0.15) is 0 Å². The molecule has 0 bridgehead atoms. The SMILES string of the molecule is Cc1cccc(CN)c1N1CC(C)CCC1C. The summed E-state index contributed by atoms with van der Waals surface area (Å²) in [5.41, 5.74) is 9.90. The number of para-hydroxylation sites is 1. The lowest BCUT2D eigenvalue weighted by Gasteiger charge is -2.40. The first-order valence-electron chi connectivity index (χ1n) is 6.68. The summed E-state index contributed by atoms with van der Waals surface area (Å²) in [5, 5.41) is 0. The largest absolute Gasteiger partial charge is 0.368 e. The van der Waals surface area contributed by atoms with Gasteiger partial charge in [-0.3, -0.25) is 0 Å². The van der Waals surface area contributed by atoms with E-state index in [9.17, 15) is 0 Å². The highest BCUT2D eigenvalue weighted by Gasteiger charge is 2.25. The average molecular weight is 232 g/mol. The second-order valence-corrected chi connectivity index (χ2v) is 5.47. The van der Waals surface area contributed by atoms with E-state index in [0.717, 1.165) is 5.92 Å². The molecule has 2 N–H and O–H groups in total. The maximum Gasteiger partial charge on any atom is 0.0443 e. The highest BCUT2D eigenvalue weighted by atomic mass is 15.2. The summed E-state index contributed by atoms with van der Waals surface area (Å²) < 4.78 is 0.